The van der Waals surface area contributed by atoms with Gasteiger partial charge in [0.15, 0.2) is 0 Å². The summed E-state index contributed by atoms with van der Waals surface area (Å²) >= 11 is 0. The van der Waals surface area contributed by atoms with E-state index >= 15 is 0 Å². The molecule has 2 aromatic rings. The summed E-state index contributed by atoms with van der Waals surface area (Å²) in [5.41, 5.74) is 12.0. The van der Waals surface area contributed by atoms with Gasteiger partial charge in [-0.2, -0.15) is 0 Å². The van der Waals surface area contributed by atoms with Crippen LogP contribution in [0.3, 0.4) is 0 Å². The molecule has 0 aromatic heterocycles. The quantitative estimate of drug-likeness (QED) is 0.412. The van der Waals surface area contributed by atoms with Crippen molar-refractivity contribution in [2.45, 2.75) is 33.1 Å². The highest BCUT2D eigenvalue weighted by molar-refractivity contribution is 5.82. The highest BCUT2D eigenvalue weighted by Gasteiger charge is 2.11. The number of phenols is 1. The molecule has 2 rings (SSSR count). The first kappa shape index (κ1) is 17.7. The molecule has 0 saturated heterocycles. The Balaban J connectivity index is 2.29. The molecule has 0 spiro atoms. The number of hydrogen-bond acceptors (Lipinski definition) is 3. The van der Waals surface area contributed by atoms with Gasteiger partial charge >= 0.3 is 0 Å². The molecule has 0 amide bonds. The molecule has 5 nitrogen and oxygen atoms in total. The lowest BCUT2D eigenvalue weighted by Gasteiger charge is -2.26. The summed E-state index contributed by atoms with van der Waals surface area (Å²) in [5, 5.41) is 11.6. The predicted molar refractivity (Wildman–Crippen MR) is 101 cm³/mol. The molecule has 0 fully saturated rings. The molecule has 0 bridgehead atoms. The van der Waals surface area contributed by atoms with Crippen molar-refractivity contribution in [2.24, 2.45) is 10.7 Å². The Morgan fingerprint density at radius 3 is 2.50 bits per heavy atom. The van der Waals surface area contributed by atoms with Crippen LogP contribution in [0.1, 0.15) is 32.3 Å². The fourth-order valence-electron chi connectivity index (χ4n) is 2.42. The maximum Gasteiger partial charge on any atom is 0.208 e. The van der Waals surface area contributed by atoms with E-state index in [0.717, 1.165) is 17.8 Å². The van der Waals surface area contributed by atoms with Crippen LogP contribution < -0.4 is 16.2 Å². The number of aryl methyl sites for hydroxylation is 1. The number of anilines is 2. The molecule has 0 aliphatic heterocycles. The van der Waals surface area contributed by atoms with Gasteiger partial charge in [0.05, 0.1) is 11.4 Å². The van der Waals surface area contributed by atoms with E-state index in [0.29, 0.717) is 12.5 Å². The monoisotopic (exact) mass is 326 g/mol. The average molecular weight is 326 g/mol. The number of guanidine groups is 1. The molecule has 0 saturated carbocycles. The zero-order valence-corrected chi connectivity index (χ0v) is 14.4. The number of aromatic hydroxyl groups is 1. The molecular weight excluding hydrogens is 300 g/mol. The third-order valence-corrected chi connectivity index (χ3v) is 3.66. The van der Waals surface area contributed by atoms with Crippen molar-refractivity contribution < 1.29 is 5.11 Å². The zero-order valence-electron chi connectivity index (χ0n) is 14.4. The lowest BCUT2D eigenvalue weighted by Crippen LogP contribution is -2.43. The number of phenolic OH excluding ortho intramolecular Hbond substituents is 1. The Labute approximate surface area is 143 Å². The second-order valence-electron chi connectivity index (χ2n) is 5.60. The molecule has 0 unspecified atom stereocenters. The first-order valence-corrected chi connectivity index (χ1v) is 8.38. The smallest absolute Gasteiger partial charge is 0.208 e. The van der Waals surface area contributed by atoms with Crippen molar-refractivity contribution in [2.75, 3.05) is 11.6 Å². The number of nitrogens with zero attached hydrogens (tertiary/aromatic N) is 2. The van der Waals surface area contributed by atoms with Gasteiger partial charge in [0.1, 0.15) is 5.75 Å². The van der Waals surface area contributed by atoms with Crippen LogP contribution in [0, 0.1) is 0 Å². The number of benzene rings is 2. The van der Waals surface area contributed by atoms with Crippen molar-refractivity contribution in [3.63, 3.8) is 0 Å². The second-order valence-corrected chi connectivity index (χ2v) is 5.60. The maximum absolute atomic E-state index is 9.77. The van der Waals surface area contributed by atoms with Crippen LogP contribution in [0.5, 0.6) is 5.75 Å². The molecule has 4 N–H and O–H groups in total. The first-order valence-electron chi connectivity index (χ1n) is 8.38. The summed E-state index contributed by atoms with van der Waals surface area (Å²) in [6.07, 6.45) is 3.45. The summed E-state index contributed by atoms with van der Waals surface area (Å²) in [4.78, 5) is 4.18. The van der Waals surface area contributed by atoms with E-state index < -0.39 is 0 Å². The molecule has 0 aliphatic carbocycles. The Morgan fingerprint density at radius 1 is 1.12 bits per heavy atom. The molecule has 128 valence electrons. The summed E-state index contributed by atoms with van der Waals surface area (Å²) in [6, 6.07) is 15.3. The predicted octanol–water partition coefficient (Wildman–Crippen LogP) is 3.71. The van der Waals surface area contributed by atoms with Crippen LogP contribution in [-0.2, 0) is 6.42 Å². The topological polar surface area (TPSA) is 73.9 Å². The summed E-state index contributed by atoms with van der Waals surface area (Å²) < 4.78 is 0. The van der Waals surface area contributed by atoms with E-state index in [1.165, 1.54) is 18.4 Å². The van der Waals surface area contributed by atoms with Crippen molar-refractivity contribution in [1.29, 1.82) is 0 Å². The molecule has 0 radical (unpaired) electrons. The third kappa shape index (κ3) is 4.91. The van der Waals surface area contributed by atoms with Crippen LogP contribution in [0.2, 0.25) is 0 Å². The number of nitrogens with two attached hydrogens (primary N) is 1. The lowest BCUT2D eigenvalue weighted by atomic mass is 10.1. The maximum atomic E-state index is 9.77. The fraction of sp³-hybridized carbons (Fsp3) is 0.316. The van der Waals surface area contributed by atoms with E-state index in [1.807, 2.05) is 30.1 Å². The minimum absolute atomic E-state index is 0.199. The van der Waals surface area contributed by atoms with Crippen LogP contribution in [-0.4, -0.2) is 17.6 Å². The van der Waals surface area contributed by atoms with Crippen molar-refractivity contribution in [3.05, 3.63) is 54.1 Å². The van der Waals surface area contributed by atoms with E-state index in [4.69, 9.17) is 5.73 Å². The Kier molecular flexibility index (Phi) is 6.49. The average Bonchev–Trinajstić information content (AvgIpc) is 2.59. The van der Waals surface area contributed by atoms with Gasteiger partial charge in [-0.25, -0.2) is 0 Å². The van der Waals surface area contributed by atoms with E-state index in [1.54, 1.807) is 18.2 Å². The van der Waals surface area contributed by atoms with Gasteiger partial charge in [0, 0.05) is 12.6 Å². The number of unbranched alkanes of at least 4 members (excludes halogenated alkanes) is 1. The van der Waals surface area contributed by atoms with Gasteiger partial charge in [-0.1, -0.05) is 31.5 Å². The molecule has 0 atom stereocenters. The SMILES string of the molecule is CCCCc1ccc(N(NC(N)=NCC)c2cccc(O)c2)cc1. The third-order valence-electron chi connectivity index (χ3n) is 3.66. The van der Waals surface area contributed by atoms with Gasteiger partial charge in [-0.15, -0.1) is 0 Å². The summed E-state index contributed by atoms with van der Waals surface area (Å²) in [5.74, 6) is 0.528. The zero-order chi connectivity index (χ0) is 17.4. The number of aliphatic imine (C=N–C) groups is 1. The van der Waals surface area contributed by atoms with Crippen molar-refractivity contribution in [3.8, 4) is 5.75 Å². The summed E-state index contributed by atoms with van der Waals surface area (Å²) in [6.45, 7) is 4.72. The van der Waals surface area contributed by atoms with Gasteiger partial charge in [-0.05, 0) is 49.6 Å². The number of rotatable bonds is 7. The molecule has 24 heavy (non-hydrogen) atoms. The van der Waals surface area contributed by atoms with Gasteiger partial charge < -0.3 is 10.8 Å². The van der Waals surface area contributed by atoms with E-state index in [2.05, 4.69) is 29.5 Å². The second kappa shape index (κ2) is 8.82. The molecule has 0 heterocycles. The van der Waals surface area contributed by atoms with Crippen LogP contribution >= 0.6 is 0 Å². The molecular formula is C19H26N4O. The first-order chi connectivity index (χ1) is 11.6. The molecule has 2 aromatic carbocycles. The van der Waals surface area contributed by atoms with Crippen LogP contribution in [0.4, 0.5) is 11.4 Å². The highest BCUT2D eigenvalue weighted by Crippen LogP contribution is 2.26. The van der Waals surface area contributed by atoms with E-state index in [-0.39, 0.29) is 5.75 Å². The van der Waals surface area contributed by atoms with E-state index in [9.17, 15) is 5.11 Å². The Morgan fingerprint density at radius 2 is 1.88 bits per heavy atom. The van der Waals surface area contributed by atoms with Gasteiger partial charge in [0.2, 0.25) is 5.96 Å². The largest absolute Gasteiger partial charge is 0.508 e. The number of hydrazine groups is 1. The van der Waals surface area contributed by atoms with Crippen molar-refractivity contribution in [1.82, 2.24) is 5.43 Å². The normalized spacial score (nSPS) is 11.3. The van der Waals surface area contributed by atoms with Crippen molar-refractivity contribution >= 4 is 17.3 Å². The number of nitrogens with one attached hydrogen (secondary N) is 1. The number of hydrogen-bond donors (Lipinski definition) is 3. The minimum atomic E-state index is 0.199. The Hall–Kier alpha value is -2.69. The summed E-state index contributed by atoms with van der Waals surface area (Å²) in [7, 11) is 0. The molecule has 5 heteroatoms. The van der Waals surface area contributed by atoms with Crippen LogP contribution in [0.25, 0.3) is 0 Å². The fourth-order valence-corrected chi connectivity index (χ4v) is 2.42. The Bertz CT molecular complexity index is 667. The highest BCUT2D eigenvalue weighted by atomic mass is 16.3. The minimum Gasteiger partial charge on any atom is -0.508 e. The molecule has 0 aliphatic rings. The van der Waals surface area contributed by atoms with Crippen LogP contribution in [0.15, 0.2) is 53.5 Å². The van der Waals surface area contributed by atoms with Gasteiger partial charge in [0.25, 0.3) is 0 Å². The lowest BCUT2D eigenvalue weighted by molar-refractivity contribution is 0.475. The van der Waals surface area contributed by atoms with Gasteiger partial charge in [-0.3, -0.25) is 15.4 Å². The standard InChI is InChI=1S/C19H26N4O/c1-3-5-7-15-10-12-16(13-11-15)23(22-19(20)21-4-2)17-8-6-9-18(24)14-17/h6,8-14,24H,3-5,7H2,1-2H3,(H3,20,21,22).